The molecular formula is C12H15FN2O5. The molecule has 0 aliphatic carbocycles. The normalized spacial score (nSPS) is 10.6. The van der Waals surface area contributed by atoms with Crippen molar-refractivity contribution in [1.29, 1.82) is 0 Å². The first-order chi connectivity index (χ1) is 9.32. The fourth-order valence-electron chi connectivity index (χ4n) is 1.50. The van der Waals surface area contributed by atoms with Gasteiger partial charge in [-0.15, -0.1) is 0 Å². The van der Waals surface area contributed by atoms with Crippen LogP contribution in [0.4, 0.5) is 15.8 Å². The second kappa shape index (κ2) is 6.80. The van der Waals surface area contributed by atoms with E-state index in [1.54, 1.807) is 0 Å². The quantitative estimate of drug-likeness (QED) is 0.453. The van der Waals surface area contributed by atoms with E-state index >= 15 is 0 Å². The second-order valence-corrected chi connectivity index (χ2v) is 4.26. The molecule has 0 heterocycles. The summed E-state index contributed by atoms with van der Waals surface area (Å²) in [5.41, 5.74) is -1.19. The first-order valence-corrected chi connectivity index (χ1v) is 5.89. The van der Waals surface area contributed by atoms with Crippen molar-refractivity contribution in [2.45, 2.75) is 20.0 Å². The van der Waals surface area contributed by atoms with Gasteiger partial charge in [0.05, 0.1) is 29.3 Å². The summed E-state index contributed by atoms with van der Waals surface area (Å²) in [6, 6.07) is 1.50. The fraction of sp³-hybridized carbons (Fsp3) is 0.417. The van der Waals surface area contributed by atoms with Crippen molar-refractivity contribution in [3.05, 3.63) is 33.6 Å². The molecule has 0 saturated carbocycles. The number of nitro groups is 1. The summed E-state index contributed by atoms with van der Waals surface area (Å²) in [5.74, 6) is -2.63. The molecule has 7 nitrogen and oxygen atoms in total. The predicted octanol–water partition coefficient (Wildman–Crippen LogP) is 2.27. The van der Waals surface area contributed by atoms with Crippen molar-refractivity contribution in [3.8, 4) is 0 Å². The molecule has 0 bridgehead atoms. The predicted molar refractivity (Wildman–Crippen MR) is 69.6 cm³/mol. The highest BCUT2D eigenvalue weighted by Crippen LogP contribution is 2.27. The summed E-state index contributed by atoms with van der Waals surface area (Å²) in [6.45, 7) is 4.20. The molecule has 1 aromatic rings. The second-order valence-electron chi connectivity index (χ2n) is 4.26. The largest absolute Gasteiger partial charge is 0.478 e. The molecule has 1 rings (SSSR count). The van der Waals surface area contributed by atoms with Crippen molar-refractivity contribution in [2.24, 2.45) is 0 Å². The van der Waals surface area contributed by atoms with Crippen molar-refractivity contribution < 1.29 is 24.0 Å². The Labute approximate surface area is 114 Å². The number of carboxylic acids is 1. The number of hydrogen-bond acceptors (Lipinski definition) is 5. The lowest BCUT2D eigenvalue weighted by atomic mass is 10.1. The molecule has 0 atom stereocenters. The van der Waals surface area contributed by atoms with Crippen molar-refractivity contribution in [1.82, 2.24) is 0 Å². The maximum Gasteiger partial charge on any atom is 0.338 e. The third-order valence-corrected chi connectivity index (χ3v) is 2.38. The van der Waals surface area contributed by atoms with Crippen LogP contribution in [0.15, 0.2) is 12.1 Å². The minimum absolute atomic E-state index is 0.00887. The molecule has 0 radical (unpaired) electrons. The van der Waals surface area contributed by atoms with Gasteiger partial charge in [-0.25, -0.2) is 9.18 Å². The summed E-state index contributed by atoms with van der Waals surface area (Å²) in [4.78, 5) is 20.9. The smallest absolute Gasteiger partial charge is 0.338 e. The topological polar surface area (TPSA) is 102 Å². The summed E-state index contributed by atoms with van der Waals surface area (Å²) in [7, 11) is 0. The number of carboxylic acid groups (broad SMARTS) is 1. The van der Waals surface area contributed by atoms with E-state index in [2.05, 4.69) is 5.32 Å². The number of aromatic carboxylic acids is 1. The molecule has 0 unspecified atom stereocenters. The number of nitrogens with zero attached hydrogens (tertiary/aromatic N) is 1. The first kappa shape index (κ1) is 15.8. The van der Waals surface area contributed by atoms with Crippen LogP contribution < -0.4 is 5.32 Å². The third-order valence-electron chi connectivity index (χ3n) is 2.38. The molecule has 0 spiro atoms. The van der Waals surface area contributed by atoms with Gasteiger partial charge in [-0.05, 0) is 19.9 Å². The number of hydrogen-bond donors (Lipinski definition) is 2. The van der Waals surface area contributed by atoms with Gasteiger partial charge >= 0.3 is 5.97 Å². The molecule has 0 amide bonds. The number of rotatable bonds is 7. The van der Waals surface area contributed by atoms with Crippen molar-refractivity contribution in [2.75, 3.05) is 18.5 Å². The monoisotopic (exact) mass is 286 g/mol. The number of anilines is 1. The van der Waals surface area contributed by atoms with E-state index in [4.69, 9.17) is 9.84 Å². The third kappa shape index (κ3) is 4.16. The molecule has 0 aliphatic heterocycles. The summed E-state index contributed by atoms with van der Waals surface area (Å²) < 4.78 is 18.6. The van der Waals surface area contributed by atoms with Crippen LogP contribution in [0.1, 0.15) is 24.2 Å². The number of ether oxygens (including phenoxy) is 1. The molecule has 0 aliphatic rings. The van der Waals surface area contributed by atoms with Crippen LogP contribution >= 0.6 is 0 Å². The van der Waals surface area contributed by atoms with Crippen molar-refractivity contribution in [3.63, 3.8) is 0 Å². The maximum absolute atomic E-state index is 13.4. The highest BCUT2D eigenvalue weighted by Gasteiger charge is 2.21. The minimum atomic E-state index is -1.49. The van der Waals surface area contributed by atoms with Gasteiger partial charge in [0.1, 0.15) is 11.5 Å². The summed E-state index contributed by atoms with van der Waals surface area (Å²) in [6.07, 6.45) is 0.00887. The molecular weight excluding hydrogens is 271 g/mol. The van der Waals surface area contributed by atoms with Crippen LogP contribution in [-0.2, 0) is 4.74 Å². The van der Waals surface area contributed by atoms with Gasteiger partial charge in [0, 0.05) is 6.54 Å². The number of benzene rings is 1. The highest BCUT2D eigenvalue weighted by molar-refractivity contribution is 5.90. The summed E-state index contributed by atoms with van der Waals surface area (Å²) >= 11 is 0. The molecule has 8 heteroatoms. The first-order valence-electron chi connectivity index (χ1n) is 5.89. The van der Waals surface area contributed by atoms with E-state index in [0.29, 0.717) is 6.07 Å². The molecule has 0 saturated heterocycles. The van der Waals surface area contributed by atoms with Crippen molar-refractivity contribution >= 4 is 17.3 Å². The van der Waals surface area contributed by atoms with Gasteiger partial charge < -0.3 is 15.2 Å². The lowest BCUT2D eigenvalue weighted by Gasteiger charge is -2.10. The minimum Gasteiger partial charge on any atom is -0.478 e. The Bertz CT molecular complexity index is 519. The molecule has 0 aromatic heterocycles. The van der Waals surface area contributed by atoms with Crippen LogP contribution in [0.3, 0.4) is 0 Å². The maximum atomic E-state index is 13.4. The Morgan fingerprint density at radius 3 is 2.70 bits per heavy atom. The lowest BCUT2D eigenvalue weighted by Crippen LogP contribution is -2.14. The molecule has 1 aromatic carbocycles. The lowest BCUT2D eigenvalue weighted by molar-refractivity contribution is -0.384. The van der Waals surface area contributed by atoms with E-state index in [9.17, 15) is 19.3 Å². The Kier molecular flexibility index (Phi) is 5.39. The zero-order valence-electron chi connectivity index (χ0n) is 11.1. The number of nitro benzene ring substituents is 1. The Morgan fingerprint density at radius 1 is 1.55 bits per heavy atom. The van der Waals surface area contributed by atoms with E-state index in [1.165, 1.54) is 0 Å². The Hall–Kier alpha value is -2.22. The zero-order valence-corrected chi connectivity index (χ0v) is 11.1. The zero-order chi connectivity index (χ0) is 15.3. The highest BCUT2D eigenvalue weighted by atomic mass is 19.1. The average Bonchev–Trinajstić information content (AvgIpc) is 2.34. The number of halogens is 1. The van der Waals surface area contributed by atoms with E-state index < -0.39 is 28.0 Å². The van der Waals surface area contributed by atoms with Crippen LogP contribution in [0.5, 0.6) is 0 Å². The number of carbonyl (C=O) groups is 1. The summed E-state index contributed by atoms with van der Waals surface area (Å²) in [5, 5.41) is 22.3. The van der Waals surface area contributed by atoms with E-state index in [0.717, 1.165) is 6.07 Å². The van der Waals surface area contributed by atoms with Gasteiger partial charge in [-0.3, -0.25) is 10.1 Å². The molecule has 0 fully saturated rings. The fourth-order valence-corrected chi connectivity index (χ4v) is 1.50. The van der Waals surface area contributed by atoms with Gasteiger partial charge in [0.2, 0.25) is 0 Å². The average molecular weight is 286 g/mol. The standard InChI is InChI=1S/C12H15FN2O5/c1-7(2)20-4-3-14-10-5-8(12(16)17)9(13)6-11(10)15(18)19/h5-7,14H,3-4H2,1-2H3,(H,16,17). The van der Waals surface area contributed by atoms with Gasteiger partial charge in [0.25, 0.3) is 5.69 Å². The van der Waals surface area contributed by atoms with E-state index in [-0.39, 0.29) is 24.9 Å². The van der Waals surface area contributed by atoms with Crippen LogP contribution in [-0.4, -0.2) is 35.3 Å². The number of nitrogens with one attached hydrogen (secondary N) is 1. The molecule has 2 N–H and O–H groups in total. The SMILES string of the molecule is CC(C)OCCNc1cc(C(=O)O)c(F)cc1[N+](=O)[O-]. The molecule has 110 valence electrons. The van der Waals surface area contributed by atoms with Gasteiger partial charge in [-0.1, -0.05) is 0 Å². The Balaban J connectivity index is 2.93. The van der Waals surface area contributed by atoms with Crippen LogP contribution in [0, 0.1) is 15.9 Å². The Morgan fingerprint density at radius 2 is 2.20 bits per heavy atom. The van der Waals surface area contributed by atoms with Crippen LogP contribution in [0.2, 0.25) is 0 Å². The van der Waals surface area contributed by atoms with E-state index in [1.807, 2.05) is 13.8 Å². The van der Waals surface area contributed by atoms with Gasteiger partial charge in [0.15, 0.2) is 0 Å². The molecule has 20 heavy (non-hydrogen) atoms. The van der Waals surface area contributed by atoms with Gasteiger partial charge in [-0.2, -0.15) is 0 Å². The van der Waals surface area contributed by atoms with Crippen LogP contribution in [0.25, 0.3) is 0 Å².